The molecule has 6 nitrogen and oxygen atoms in total. The zero-order valence-electron chi connectivity index (χ0n) is 11.4. The number of nitrogens with two attached hydrogens (primary N) is 1. The summed E-state index contributed by atoms with van der Waals surface area (Å²) in [4.78, 5) is 4.13. The summed E-state index contributed by atoms with van der Waals surface area (Å²) in [7, 11) is -4.56. The van der Waals surface area contributed by atoms with Crippen LogP contribution in [0.5, 0.6) is 0 Å². The van der Waals surface area contributed by atoms with Crippen LogP contribution in [0, 0.1) is 0 Å². The lowest BCUT2D eigenvalue weighted by molar-refractivity contribution is 0.483. The summed E-state index contributed by atoms with van der Waals surface area (Å²) in [5.41, 5.74) is 6.30. The van der Waals surface area contributed by atoms with Crippen LogP contribution in [0.1, 0.15) is 0 Å². The fourth-order valence-electron chi connectivity index (χ4n) is 2.28. The van der Waals surface area contributed by atoms with Gasteiger partial charge in [-0.3, -0.25) is 4.55 Å². The molecule has 0 bridgehead atoms. The van der Waals surface area contributed by atoms with Gasteiger partial charge in [0.25, 0.3) is 0 Å². The van der Waals surface area contributed by atoms with Crippen molar-refractivity contribution in [2.75, 3.05) is 10.0 Å². The Morgan fingerprint density at radius 2 is 1.82 bits per heavy atom. The minimum absolute atomic E-state index is 0.117. The standard InChI is InChI=1S/C15H13N3O3S/c16-12-5-3-6-13(10-12)18(22(19,20)21)15-14-7-2-1-4-11(14)8-9-17-15/h1-10H,16H2,(H,19,20,21). The monoisotopic (exact) mass is 315 g/mol. The summed E-state index contributed by atoms with van der Waals surface area (Å²) in [6.07, 6.45) is 1.49. The predicted molar refractivity (Wildman–Crippen MR) is 86.3 cm³/mol. The van der Waals surface area contributed by atoms with Crippen LogP contribution in [0.4, 0.5) is 17.2 Å². The third-order valence-corrected chi connectivity index (χ3v) is 4.03. The van der Waals surface area contributed by atoms with Crippen LogP contribution >= 0.6 is 0 Å². The number of hydrogen-bond donors (Lipinski definition) is 2. The van der Waals surface area contributed by atoms with Crippen molar-refractivity contribution in [1.82, 2.24) is 4.98 Å². The van der Waals surface area contributed by atoms with E-state index >= 15 is 0 Å². The van der Waals surface area contributed by atoms with Gasteiger partial charge >= 0.3 is 10.3 Å². The lowest BCUT2D eigenvalue weighted by Crippen LogP contribution is -2.26. The first kappa shape index (κ1) is 14.3. The molecule has 22 heavy (non-hydrogen) atoms. The van der Waals surface area contributed by atoms with Gasteiger partial charge in [-0.15, -0.1) is 0 Å². The fourth-order valence-corrected chi connectivity index (χ4v) is 3.03. The predicted octanol–water partition coefficient (Wildman–Crippen LogP) is 2.76. The average molecular weight is 315 g/mol. The van der Waals surface area contributed by atoms with E-state index < -0.39 is 10.3 Å². The molecule has 0 unspecified atom stereocenters. The molecule has 0 aliphatic carbocycles. The van der Waals surface area contributed by atoms with Crippen molar-refractivity contribution in [2.24, 2.45) is 0 Å². The van der Waals surface area contributed by atoms with Crippen molar-refractivity contribution in [2.45, 2.75) is 0 Å². The Labute approximate surface area is 127 Å². The molecule has 3 N–H and O–H groups in total. The highest BCUT2D eigenvalue weighted by Gasteiger charge is 2.25. The SMILES string of the molecule is Nc1cccc(N(c2nccc3ccccc23)S(=O)(=O)O)c1. The van der Waals surface area contributed by atoms with Crippen LogP contribution in [-0.2, 0) is 10.3 Å². The normalized spacial score (nSPS) is 11.5. The first-order valence-electron chi connectivity index (χ1n) is 6.44. The first-order valence-corrected chi connectivity index (χ1v) is 7.83. The van der Waals surface area contributed by atoms with Crippen LogP contribution in [0.3, 0.4) is 0 Å². The van der Waals surface area contributed by atoms with Gasteiger partial charge in [-0.1, -0.05) is 30.3 Å². The molecule has 0 aliphatic rings. The molecule has 0 amide bonds. The summed E-state index contributed by atoms with van der Waals surface area (Å²) in [6, 6.07) is 15.2. The van der Waals surface area contributed by atoms with Crippen LogP contribution in [-0.4, -0.2) is 18.0 Å². The molecule has 1 aromatic heterocycles. The van der Waals surface area contributed by atoms with Gasteiger partial charge < -0.3 is 5.73 Å². The van der Waals surface area contributed by atoms with Crippen molar-refractivity contribution in [1.29, 1.82) is 0 Å². The van der Waals surface area contributed by atoms with Crippen LogP contribution in [0.15, 0.2) is 60.8 Å². The number of fused-ring (bicyclic) bond motifs is 1. The van der Waals surface area contributed by atoms with Gasteiger partial charge in [-0.2, -0.15) is 12.7 Å². The molecule has 0 fully saturated rings. The van der Waals surface area contributed by atoms with Gasteiger partial charge in [0.1, 0.15) is 0 Å². The van der Waals surface area contributed by atoms with Gasteiger partial charge in [0, 0.05) is 17.3 Å². The van der Waals surface area contributed by atoms with Gasteiger partial charge in [0.15, 0.2) is 5.82 Å². The summed E-state index contributed by atoms with van der Waals surface area (Å²) < 4.78 is 34.2. The molecule has 1 heterocycles. The van der Waals surface area contributed by atoms with Crippen LogP contribution < -0.4 is 10.0 Å². The molecule has 3 rings (SSSR count). The molecule has 0 atom stereocenters. The Hall–Kier alpha value is -2.64. The van der Waals surface area contributed by atoms with Crippen molar-refractivity contribution in [3.63, 3.8) is 0 Å². The van der Waals surface area contributed by atoms with E-state index in [4.69, 9.17) is 5.73 Å². The van der Waals surface area contributed by atoms with E-state index in [0.29, 0.717) is 11.1 Å². The zero-order chi connectivity index (χ0) is 15.7. The Balaban J connectivity index is 2.31. The molecule has 3 aromatic rings. The van der Waals surface area contributed by atoms with E-state index in [0.717, 1.165) is 9.69 Å². The third-order valence-electron chi connectivity index (χ3n) is 3.18. The number of rotatable bonds is 3. The minimum Gasteiger partial charge on any atom is -0.399 e. The minimum atomic E-state index is -4.56. The number of nitrogen functional groups attached to an aromatic ring is 1. The highest BCUT2D eigenvalue weighted by atomic mass is 32.2. The van der Waals surface area contributed by atoms with E-state index in [1.54, 1.807) is 30.3 Å². The maximum Gasteiger partial charge on any atom is 0.365 e. The van der Waals surface area contributed by atoms with E-state index in [1.165, 1.54) is 18.3 Å². The summed E-state index contributed by atoms with van der Waals surface area (Å²) in [6.45, 7) is 0. The maximum absolute atomic E-state index is 11.9. The van der Waals surface area contributed by atoms with Gasteiger partial charge in [0.2, 0.25) is 0 Å². The molecule has 0 radical (unpaired) electrons. The van der Waals surface area contributed by atoms with Crippen molar-refractivity contribution in [3.05, 3.63) is 60.8 Å². The van der Waals surface area contributed by atoms with Crippen LogP contribution in [0.2, 0.25) is 0 Å². The van der Waals surface area contributed by atoms with Gasteiger partial charge in [-0.05, 0) is 29.7 Å². The summed E-state index contributed by atoms with van der Waals surface area (Å²) in [5.74, 6) is 0.117. The topological polar surface area (TPSA) is 96.5 Å². The number of aromatic nitrogens is 1. The molecule has 0 aliphatic heterocycles. The van der Waals surface area contributed by atoms with Gasteiger partial charge in [-0.25, -0.2) is 4.98 Å². The lowest BCUT2D eigenvalue weighted by Gasteiger charge is -2.21. The molecule has 112 valence electrons. The highest BCUT2D eigenvalue weighted by molar-refractivity contribution is 7.87. The maximum atomic E-state index is 11.9. The fraction of sp³-hybridized carbons (Fsp3) is 0. The van der Waals surface area contributed by atoms with Crippen molar-refractivity contribution in [3.8, 4) is 0 Å². The van der Waals surface area contributed by atoms with Crippen molar-refractivity contribution < 1.29 is 13.0 Å². The second-order valence-electron chi connectivity index (χ2n) is 4.69. The second kappa shape index (κ2) is 5.28. The summed E-state index contributed by atoms with van der Waals surface area (Å²) in [5, 5.41) is 1.41. The number of pyridine rings is 1. The molecule has 2 aromatic carbocycles. The third kappa shape index (κ3) is 2.59. The van der Waals surface area contributed by atoms with Gasteiger partial charge in [0.05, 0.1) is 5.69 Å². The number of anilines is 3. The molecular formula is C15H13N3O3S. The molecule has 0 saturated carbocycles. The number of nitrogens with zero attached hydrogens (tertiary/aromatic N) is 2. The Kier molecular flexibility index (Phi) is 3.44. The Bertz CT molecular complexity index is 936. The summed E-state index contributed by atoms with van der Waals surface area (Å²) >= 11 is 0. The number of benzene rings is 2. The Morgan fingerprint density at radius 3 is 2.55 bits per heavy atom. The highest BCUT2D eigenvalue weighted by Crippen LogP contribution is 2.33. The molecule has 0 spiro atoms. The van der Waals surface area contributed by atoms with Crippen LogP contribution in [0.25, 0.3) is 10.8 Å². The smallest absolute Gasteiger partial charge is 0.365 e. The zero-order valence-corrected chi connectivity index (χ0v) is 12.2. The van der Waals surface area contributed by atoms with Crippen molar-refractivity contribution >= 4 is 38.3 Å². The molecular weight excluding hydrogens is 302 g/mol. The number of hydrogen-bond acceptors (Lipinski definition) is 4. The average Bonchev–Trinajstić information content (AvgIpc) is 2.46. The largest absolute Gasteiger partial charge is 0.399 e. The lowest BCUT2D eigenvalue weighted by atomic mass is 10.1. The quantitative estimate of drug-likeness (QED) is 0.572. The van der Waals surface area contributed by atoms with E-state index in [1.807, 2.05) is 12.1 Å². The first-order chi connectivity index (χ1) is 10.5. The van der Waals surface area contributed by atoms with E-state index in [2.05, 4.69) is 4.98 Å². The van der Waals surface area contributed by atoms with E-state index in [-0.39, 0.29) is 11.5 Å². The second-order valence-corrected chi connectivity index (χ2v) is 5.95. The molecule has 0 saturated heterocycles. The Morgan fingerprint density at radius 1 is 1.05 bits per heavy atom. The molecule has 7 heteroatoms. The van der Waals surface area contributed by atoms with E-state index in [9.17, 15) is 13.0 Å².